The molecule has 1 heterocycles. The molecule has 0 saturated carbocycles. The van der Waals surface area contributed by atoms with E-state index in [-0.39, 0.29) is 11.7 Å². The normalized spacial score (nSPS) is 14.3. The fraction of sp³-hybridized carbons (Fsp3) is 0.692. The molecule has 1 rings (SSSR count). The van der Waals surface area contributed by atoms with Crippen LogP contribution in [0.2, 0.25) is 0 Å². The Hall–Kier alpha value is -1.52. The van der Waals surface area contributed by atoms with Gasteiger partial charge >= 0.3 is 5.97 Å². The van der Waals surface area contributed by atoms with Gasteiger partial charge in [-0.3, -0.25) is 0 Å². The molecule has 2 N–H and O–H groups in total. The van der Waals surface area contributed by atoms with Crippen molar-refractivity contribution in [1.29, 1.82) is 0 Å². The molecule has 1 aromatic heterocycles. The maximum atomic E-state index is 11.7. The van der Waals surface area contributed by atoms with E-state index in [1.54, 1.807) is 6.92 Å². The van der Waals surface area contributed by atoms with E-state index < -0.39 is 5.97 Å². The second-order valence-electron chi connectivity index (χ2n) is 4.61. The molecule has 0 bridgehead atoms. The number of anilines is 1. The van der Waals surface area contributed by atoms with Crippen LogP contribution in [0.3, 0.4) is 0 Å². The summed E-state index contributed by atoms with van der Waals surface area (Å²) in [6.07, 6.45) is 1.05. The van der Waals surface area contributed by atoms with Gasteiger partial charge in [-0.05, 0) is 26.7 Å². The first-order chi connectivity index (χ1) is 8.43. The van der Waals surface area contributed by atoms with Crippen molar-refractivity contribution in [2.45, 2.75) is 47.1 Å². The monoisotopic (exact) mass is 253 g/mol. The van der Waals surface area contributed by atoms with Gasteiger partial charge < -0.3 is 15.0 Å². The Morgan fingerprint density at radius 1 is 1.44 bits per heavy atom. The number of nitrogen functional groups attached to an aromatic ring is 1. The molecule has 18 heavy (non-hydrogen) atoms. The molecule has 0 aliphatic carbocycles. The fourth-order valence-electron chi connectivity index (χ4n) is 2.02. The van der Waals surface area contributed by atoms with E-state index in [2.05, 4.69) is 25.8 Å². The van der Waals surface area contributed by atoms with Gasteiger partial charge in [0.05, 0.1) is 6.61 Å². The average Bonchev–Trinajstić information content (AvgIpc) is 2.63. The zero-order valence-electron chi connectivity index (χ0n) is 11.9. The van der Waals surface area contributed by atoms with Crippen molar-refractivity contribution in [3.8, 4) is 0 Å². The van der Waals surface area contributed by atoms with Crippen LogP contribution in [0.4, 0.5) is 5.82 Å². The van der Waals surface area contributed by atoms with E-state index in [9.17, 15) is 4.79 Å². The van der Waals surface area contributed by atoms with Gasteiger partial charge in [0.25, 0.3) is 0 Å². The molecule has 102 valence electrons. The first kappa shape index (κ1) is 14.5. The van der Waals surface area contributed by atoms with E-state index >= 15 is 0 Å². The SMILES string of the molecule is CCOC(=O)c1nc(C)n(C(C)C(C)CC)c1N. The molecule has 0 saturated heterocycles. The Kier molecular flexibility index (Phi) is 4.76. The minimum absolute atomic E-state index is 0.214. The van der Waals surface area contributed by atoms with Crippen molar-refractivity contribution in [2.24, 2.45) is 5.92 Å². The van der Waals surface area contributed by atoms with E-state index in [4.69, 9.17) is 10.5 Å². The summed E-state index contributed by atoms with van der Waals surface area (Å²) in [7, 11) is 0. The van der Waals surface area contributed by atoms with Crippen LogP contribution in [0, 0.1) is 12.8 Å². The van der Waals surface area contributed by atoms with Crippen molar-refractivity contribution in [2.75, 3.05) is 12.3 Å². The van der Waals surface area contributed by atoms with Crippen molar-refractivity contribution in [3.05, 3.63) is 11.5 Å². The Bertz CT molecular complexity index is 426. The molecule has 0 aliphatic rings. The van der Waals surface area contributed by atoms with Crippen LogP contribution >= 0.6 is 0 Å². The molecule has 0 aliphatic heterocycles. The molecule has 2 atom stereocenters. The number of hydrogen-bond donors (Lipinski definition) is 1. The molecule has 0 amide bonds. The number of aromatic nitrogens is 2. The highest BCUT2D eigenvalue weighted by atomic mass is 16.5. The van der Waals surface area contributed by atoms with Crippen LogP contribution in [-0.2, 0) is 4.74 Å². The number of rotatable bonds is 5. The highest BCUT2D eigenvalue weighted by molar-refractivity contribution is 5.92. The molecule has 1 aromatic rings. The largest absolute Gasteiger partial charge is 0.461 e. The molecule has 0 spiro atoms. The third-order valence-electron chi connectivity index (χ3n) is 3.47. The Balaban J connectivity index is 3.12. The van der Waals surface area contributed by atoms with E-state index in [1.807, 2.05) is 11.5 Å². The van der Waals surface area contributed by atoms with Gasteiger partial charge in [-0.15, -0.1) is 0 Å². The van der Waals surface area contributed by atoms with Crippen LogP contribution in [0.15, 0.2) is 0 Å². The summed E-state index contributed by atoms with van der Waals surface area (Å²) in [4.78, 5) is 15.9. The second-order valence-corrected chi connectivity index (χ2v) is 4.61. The molecular formula is C13H23N3O2. The third kappa shape index (κ3) is 2.66. The number of esters is 1. The van der Waals surface area contributed by atoms with Crippen LogP contribution in [-0.4, -0.2) is 22.1 Å². The predicted octanol–water partition coefficient (Wildman–Crippen LogP) is 2.56. The standard InChI is InChI=1S/C13H23N3O2/c1-6-8(3)9(4)16-10(5)15-11(12(16)14)13(17)18-7-2/h8-9H,6-7,14H2,1-5H3. The Morgan fingerprint density at radius 2 is 2.06 bits per heavy atom. The van der Waals surface area contributed by atoms with Crippen molar-refractivity contribution in [3.63, 3.8) is 0 Å². The maximum Gasteiger partial charge on any atom is 0.360 e. The van der Waals surface area contributed by atoms with Crippen molar-refractivity contribution in [1.82, 2.24) is 9.55 Å². The number of carbonyl (C=O) groups excluding carboxylic acids is 1. The molecule has 5 heteroatoms. The van der Waals surface area contributed by atoms with Crippen molar-refractivity contribution >= 4 is 11.8 Å². The quantitative estimate of drug-likeness (QED) is 0.819. The molecule has 0 aromatic carbocycles. The molecule has 5 nitrogen and oxygen atoms in total. The summed E-state index contributed by atoms with van der Waals surface area (Å²) in [6.45, 7) is 10.3. The topological polar surface area (TPSA) is 70.1 Å². The fourth-order valence-corrected chi connectivity index (χ4v) is 2.02. The van der Waals surface area contributed by atoms with Gasteiger partial charge in [0.15, 0.2) is 5.69 Å². The van der Waals surface area contributed by atoms with Crippen molar-refractivity contribution < 1.29 is 9.53 Å². The molecule has 0 fully saturated rings. The summed E-state index contributed by atoms with van der Waals surface area (Å²) in [5, 5.41) is 0. The van der Waals surface area contributed by atoms with E-state index in [0.717, 1.165) is 12.2 Å². The lowest BCUT2D eigenvalue weighted by Crippen LogP contribution is -2.17. The van der Waals surface area contributed by atoms with Gasteiger partial charge in [0.2, 0.25) is 0 Å². The van der Waals surface area contributed by atoms with E-state index in [1.165, 1.54) is 0 Å². The van der Waals surface area contributed by atoms with Crippen LogP contribution in [0.25, 0.3) is 0 Å². The average molecular weight is 253 g/mol. The first-order valence-electron chi connectivity index (χ1n) is 6.45. The predicted molar refractivity (Wildman–Crippen MR) is 71.5 cm³/mol. The van der Waals surface area contributed by atoms with Gasteiger partial charge in [-0.1, -0.05) is 20.3 Å². The van der Waals surface area contributed by atoms with Crippen LogP contribution in [0.1, 0.15) is 56.5 Å². The highest BCUT2D eigenvalue weighted by Crippen LogP contribution is 2.27. The van der Waals surface area contributed by atoms with Crippen LogP contribution < -0.4 is 5.73 Å². The third-order valence-corrected chi connectivity index (χ3v) is 3.47. The minimum Gasteiger partial charge on any atom is -0.461 e. The zero-order valence-corrected chi connectivity index (χ0v) is 11.9. The molecule has 0 radical (unpaired) electrons. The zero-order chi connectivity index (χ0) is 13.9. The summed E-state index contributed by atoms with van der Waals surface area (Å²) in [6, 6.07) is 0.214. The lowest BCUT2D eigenvalue weighted by Gasteiger charge is -2.22. The number of carbonyl (C=O) groups is 1. The number of hydrogen-bond acceptors (Lipinski definition) is 4. The van der Waals surface area contributed by atoms with Gasteiger partial charge in [-0.2, -0.15) is 0 Å². The minimum atomic E-state index is -0.451. The number of nitrogens with two attached hydrogens (primary N) is 1. The summed E-state index contributed by atoms with van der Waals surface area (Å²) >= 11 is 0. The first-order valence-corrected chi connectivity index (χ1v) is 6.45. The molecular weight excluding hydrogens is 230 g/mol. The Morgan fingerprint density at radius 3 is 2.56 bits per heavy atom. The smallest absolute Gasteiger partial charge is 0.360 e. The maximum absolute atomic E-state index is 11.7. The lowest BCUT2D eigenvalue weighted by molar-refractivity contribution is 0.0521. The van der Waals surface area contributed by atoms with Gasteiger partial charge in [0.1, 0.15) is 11.6 Å². The summed E-state index contributed by atoms with van der Waals surface area (Å²) in [5.41, 5.74) is 6.25. The highest BCUT2D eigenvalue weighted by Gasteiger charge is 2.24. The Labute approximate surface area is 108 Å². The summed E-state index contributed by atoms with van der Waals surface area (Å²) in [5.74, 6) is 1.17. The van der Waals surface area contributed by atoms with Crippen LogP contribution in [0.5, 0.6) is 0 Å². The lowest BCUT2D eigenvalue weighted by atomic mass is 10.0. The number of nitrogens with zero attached hydrogens (tertiary/aromatic N) is 2. The summed E-state index contributed by atoms with van der Waals surface area (Å²) < 4.78 is 6.87. The van der Waals surface area contributed by atoms with E-state index in [0.29, 0.717) is 18.3 Å². The number of aryl methyl sites for hydroxylation is 1. The van der Waals surface area contributed by atoms with Gasteiger partial charge in [0, 0.05) is 6.04 Å². The van der Waals surface area contributed by atoms with Gasteiger partial charge in [-0.25, -0.2) is 9.78 Å². The number of ether oxygens (including phenoxy) is 1. The second kappa shape index (κ2) is 5.89. The molecule has 2 unspecified atom stereocenters. The number of imidazole rings is 1.